The molecule has 0 aromatic heterocycles. The number of hydrogen-bond acceptors (Lipinski definition) is 2. The Bertz CT molecular complexity index is 327. The second kappa shape index (κ2) is 4.56. The van der Waals surface area contributed by atoms with E-state index in [1.165, 1.54) is 10.5 Å². The summed E-state index contributed by atoms with van der Waals surface area (Å²) in [5.41, 5.74) is 6.97. The Morgan fingerprint density at radius 2 is 2.36 bits per heavy atom. The second-order valence-corrected chi connectivity index (χ2v) is 5.12. The van der Waals surface area contributed by atoms with Crippen molar-refractivity contribution in [3.63, 3.8) is 0 Å². The van der Waals surface area contributed by atoms with Gasteiger partial charge in [-0.3, -0.25) is 0 Å². The molecule has 1 aliphatic heterocycles. The average Bonchev–Trinajstić information content (AvgIpc) is 2.18. The number of benzene rings is 1. The summed E-state index contributed by atoms with van der Waals surface area (Å²) in [5.74, 6) is 1.89. The van der Waals surface area contributed by atoms with Crippen molar-refractivity contribution in [3.05, 3.63) is 28.8 Å². The summed E-state index contributed by atoms with van der Waals surface area (Å²) in [6.45, 7) is 0.793. The van der Waals surface area contributed by atoms with Crippen molar-refractivity contribution in [2.45, 2.75) is 17.7 Å². The van der Waals surface area contributed by atoms with E-state index in [9.17, 15) is 0 Å². The second-order valence-electron chi connectivity index (χ2n) is 3.69. The summed E-state index contributed by atoms with van der Waals surface area (Å²) in [6, 6.07) is 6.18. The zero-order chi connectivity index (χ0) is 9.97. The molecule has 0 fully saturated rings. The normalized spacial score (nSPS) is 20.6. The van der Waals surface area contributed by atoms with Crippen LogP contribution in [0.4, 0.5) is 0 Å². The van der Waals surface area contributed by atoms with Crippen LogP contribution >= 0.6 is 23.4 Å². The van der Waals surface area contributed by atoms with E-state index in [4.69, 9.17) is 17.3 Å². The van der Waals surface area contributed by atoms with Crippen molar-refractivity contribution in [2.75, 3.05) is 12.3 Å². The van der Waals surface area contributed by atoms with E-state index in [1.54, 1.807) is 0 Å². The van der Waals surface area contributed by atoms with Gasteiger partial charge >= 0.3 is 0 Å². The molecule has 1 aromatic rings. The molecule has 1 aromatic carbocycles. The predicted octanol–water partition coefficient (Wildman–Crippen LogP) is 2.95. The summed E-state index contributed by atoms with van der Waals surface area (Å²) in [5, 5.41) is 0.902. The standard InChI is InChI=1S/C11H14ClNS/c12-10-3-1-2-9-6-8(4-5-13)7-14-11(9)10/h1-3,8H,4-7,13H2. The van der Waals surface area contributed by atoms with Crippen LogP contribution in [0.2, 0.25) is 5.02 Å². The van der Waals surface area contributed by atoms with Crippen LogP contribution in [0.1, 0.15) is 12.0 Å². The maximum atomic E-state index is 6.12. The Morgan fingerprint density at radius 3 is 3.14 bits per heavy atom. The highest BCUT2D eigenvalue weighted by Crippen LogP contribution is 2.38. The lowest BCUT2D eigenvalue weighted by Crippen LogP contribution is -2.17. The quantitative estimate of drug-likeness (QED) is 0.841. The molecule has 1 aliphatic rings. The molecular formula is C11H14ClNS. The SMILES string of the molecule is NCCC1CSc2c(Cl)cccc2C1. The highest BCUT2D eigenvalue weighted by Gasteiger charge is 2.19. The van der Waals surface area contributed by atoms with Crippen LogP contribution in [0.5, 0.6) is 0 Å². The topological polar surface area (TPSA) is 26.0 Å². The molecule has 1 unspecified atom stereocenters. The summed E-state index contributed by atoms with van der Waals surface area (Å²) >= 11 is 8.00. The first-order chi connectivity index (χ1) is 6.81. The lowest BCUT2D eigenvalue weighted by Gasteiger charge is -2.24. The highest BCUT2D eigenvalue weighted by molar-refractivity contribution is 7.99. The summed E-state index contributed by atoms with van der Waals surface area (Å²) in [4.78, 5) is 1.28. The molecule has 3 heteroatoms. The summed E-state index contributed by atoms with van der Waals surface area (Å²) in [6.07, 6.45) is 2.26. The van der Waals surface area contributed by atoms with Gasteiger partial charge in [-0.25, -0.2) is 0 Å². The van der Waals surface area contributed by atoms with Gasteiger partial charge in [0.2, 0.25) is 0 Å². The van der Waals surface area contributed by atoms with Crippen LogP contribution in [-0.2, 0) is 6.42 Å². The van der Waals surface area contributed by atoms with Crippen LogP contribution in [0.25, 0.3) is 0 Å². The minimum atomic E-state index is 0.732. The van der Waals surface area contributed by atoms with Gasteiger partial charge in [-0.15, -0.1) is 11.8 Å². The lowest BCUT2D eigenvalue weighted by molar-refractivity contribution is 0.537. The maximum absolute atomic E-state index is 6.12. The van der Waals surface area contributed by atoms with Gasteiger partial charge in [0.1, 0.15) is 0 Å². The first kappa shape index (κ1) is 10.3. The van der Waals surface area contributed by atoms with Crippen molar-refractivity contribution in [1.29, 1.82) is 0 Å². The molecule has 1 nitrogen and oxygen atoms in total. The molecule has 0 aliphatic carbocycles. The van der Waals surface area contributed by atoms with Gasteiger partial charge in [0, 0.05) is 10.6 Å². The Hall–Kier alpha value is -0.180. The van der Waals surface area contributed by atoms with Crippen LogP contribution < -0.4 is 5.73 Å². The molecule has 1 heterocycles. The Labute approximate surface area is 94.0 Å². The number of halogens is 1. The van der Waals surface area contributed by atoms with Crippen LogP contribution in [0.3, 0.4) is 0 Å². The number of hydrogen-bond donors (Lipinski definition) is 1. The fourth-order valence-corrected chi connectivity index (χ4v) is 3.46. The van der Waals surface area contributed by atoms with Gasteiger partial charge in [-0.1, -0.05) is 23.7 Å². The van der Waals surface area contributed by atoms with Crippen LogP contribution in [-0.4, -0.2) is 12.3 Å². The zero-order valence-corrected chi connectivity index (χ0v) is 9.57. The Kier molecular flexibility index (Phi) is 3.37. The van der Waals surface area contributed by atoms with Crippen molar-refractivity contribution >= 4 is 23.4 Å². The van der Waals surface area contributed by atoms with Crippen LogP contribution in [0, 0.1) is 5.92 Å². The first-order valence-corrected chi connectivity index (χ1v) is 6.28. The van der Waals surface area contributed by atoms with E-state index in [-0.39, 0.29) is 0 Å². The third-order valence-corrected chi connectivity index (χ3v) is 4.43. The molecule has 14 heavy (non-hydrogen) atoms. The van der Waals surface area contributed by atoms with E-state index in [2.05, 4.69) is 6.07 Å². The number of nitrogens with two attached hydrogens (primary N) is 1. The third kappa shape index (κ3) is 2.08. The van der Waals surface area contributed by atoms with Crippen LogP contribution in [0.15, 0.2) is 23.1 Å². The smallest absolute Gasteiger partial charge is 0.0544 e. The molecule has 0 amide bonds. The summed E-state index contributed by atoms with van der Waals surface area (Å²) < 4.78 is 0. The minimum Gasteiger partial charge on any atom is -0.330 e. The van der Waals surface area contributed by atoms with Crippen molar-refractivity contribution in [3.8, 4) is 0 Å². The van der Waals surface area contributed by atoms with Gasteiger partial charge in [-0.2, -0.15) is 0 Å². The van der Waals surface area contributed by atoms with Crippen molar-refractivity contribution in [2.24, 2.45) is 11.7 Å². The average molecular weight is 228 g/mol. The maximum Gasteiger partial charge on any atom is 0.0544 e. The fourth-order valence-electron chi connectivity index (χ4n) is 1.87. The van der Waals surface area contributed by atoms with Crippen molar-refractivity contribution < 1.29 is 0 Å². The Morgan fingerprint density at radius 1 is 1.50 bits per heavy atom. The van der Waals surface area contributed by atoms with Gasteiger partial charge in [0.15, 0.2) is 0 Å². The molecule has 0 bridgehead atoms. The van der Waals surface area contributed by atoms with E-state index in [1.807, 2.05) is 23.9 Å². The van der Waals surface area contributed by atoms with E-state index in [0.29, 0.717) is 0 Å². The molecule has 2 N–H and O–H groups in total. The number of thioether (sulfide) groups is 1. The van der Waals surface area contributed by atoms with Gasteiger partial charge in [-0.05, 0) is 36.9 Å². The Balaban J connectivity index is 2.18. The lowest BCUT2D eigenvalue weighted by atomic mass is 9.97. The van der Waals surface area contributed by atoms with Gasteiger partial charge in [0.25, 0.3) is 0 Å². The monoisotopic (exact) mass is 227 g/mol. The van der Waals surface area contributed by atoms with E-state index in [0.717, 1.165) is 36.1 Å². The molecule has 0 radical (unpaired) electrons. The van der Waals surface area contributed by atoms with Gasteiger partial charge < -0.3 is 5.73 Å². The fraction of sp³-hybridized carbons (Fsp3) is 0.455. The predicted molar refractivity (Wildman–Crippen MR) is 63.0 cm³/mol. The van der Waals surface area contributed by atoms with Crippen molar-refractivity contribution in [1.82, 2.24) is 0 Å². The number of fused-ring (bicyclic) bond motifs is 1. The highest BCUT2D eigenvalue weighted by atomic mass is 35.5. The third-order valence-electron chi connectivity index (χ3n) is 2.60. The molecule has 76 valence electrons. The first-order valence-electron chi connectivity index (χ1n) is 4.91. The summed E-state index contributed by atoms with van der Waals surface area (Å²) in [7, 11) is 0. The van der Waals surface area contributed by atoms with Gasteiger partial charge in [0.05, 0.1) is 5.02 Å². The largest absolute Gasteiger partial charge is 0.330 e. The zero-order valence-electron chi connectivity index (χ0n) is 8.00. The van der Waals surface area contributed by atoms with E-state index >= 15 is 0 Å². The van der Waals surface area contributed by atoms with E-state index < -0.39 is 0 Å². The molecule has 0 spiro atoms. The molecule has 2 rings (SSSR count). The molecule has 0 saturated carbocycles. The number of rotatable bonds is 2. The molecule has 1 atom stereocenters. The minimum absolute atomic E-state index is 0.732. The molecular weight excluding hydrogens is 214 g/mol. The molecule has 0 saturated heterocycles.